The number of fused-ring (bicyclic) bond motifs is 2. The van der Waals surface area contributed by atoms with Crippen LogP contribution in [0.3, 0.4) is 0 Å². The van der Waals surface area contributed by atoms with Gasteiger partial charge in [-0.05, 0) is 51.5 Å². The van der Waals surface area contributed by atoms with Gasteiger partial charge in [0.05, 0.1) is 12.5 Å². The molecule has 9 heteroatoms. The third-order valence-corrected chi connectivity index (χ3v) is 11.0. The lowest BCUT2D eigenvalue weighted by atomic mass is 9.34. The molecule has 4 bridgehead atoms. The summed E-state index contributed by atoms with van der Waals surface area (Å²) < 4.78 is 17.0. The Labute approximate surface area is 216 Å². The summed E-state index contributed by atoms with van der Waals surface area (Å²) in [5.74, 6) is -5.54. The number of carbonyl (C=O) groups is 5. The maximum Gasteiger partial charge on any atom is 0.324 e. The molecule has 6 rings (SSSR count). The lowest BCUT2D eigenvalue weighted by molar-refractivity contribution is -0.214. The summed E-state index contributed by atoms with van der Waals surface area (Å²) in [6, 6.07) is 0. The van der Waals surface area contributed by atoms with Crippen LogP contribution in [0.15, 0.2) is 11.1 Å². The normalized spacial score (nSPS) is 47.6. The molecule has 0 radical (unpaired) electrons. The lowest BCUT2D eigenvalue weighted by Gasteiger charge is -2.65. The Bertz CT molecular complexity index is 1190. The molecule has 0 aromatic carbocycles. The van der Waals surface area contributed by atoms with Gasteiger partial charge in [-0.15, -0.1) is 0 Å². The van der Waals surface area contributed by atoms with Crippen LogP contribution < -0.4 is 0 Å². The van der Waals surface area contributed by atoms with Crippen LogP contribution in [0.4, 0.5) is 0 Å². The third-order valence-electron chi connectivity index (χ3n) is 11.0. The third kappa shape index (κ3) is 2.57. The number of ketones is 2. The van der Waals surface area contributed by atoms with E-state index in [0.29, 0.717) is 17.6 Å². The van der Waals surface area contributed by atoms with E-state index in [0.717, 1.165) is 6.92 Å². The maximum atomic E-state index is 14.3. The summed E-state index contributed by atoms with van der Waals surface area (Å²) >= 11 is 0. The van der Waals surface area contributed by atoms with Crippen molar-refractivity contribution >= 4 is 29.5 Å². The van der Waals surface area contributed by atoms with E-state index in [2.05, 4.69) is 0 Å². The van der Waals surface area contributed by atoms with E-state index in [1.165, 1.54) is 14.0 Å². The van der Waals surface area contributed by atoms with Crippen LogP contribution in [0, 0.1) is 39.4 Å². The molecule has 1 saturated heterocycles. The summed E-state index contributed by atoms with van der Waals surface area (Å²) in [6.07, 6.45) is -0.407. The number of esters is 3. The maximum absolute atomic E-state index is 14.3. The highest BCUT2D eigenvalue weighted by Crippen LogP contribution is 2.77. The Balaban J connectivity index is 1.85. The molecule has 5 aliphatic carbocycles. The van der Waals surface area contributed by atoms with E-state index in [9.17, 15) is 29.1 Å². The molecule has 9 nitrogen and oxygen atoms in total. The fraction of sp³-hybridized carbons (Fsp3) is 0.750. The van der Waals surface area contributed by atoms with Gasteiger partial charge in [0, 0.05) is 29.6 Å². The van der Waals surface area contributed by atoms with E-state index in [1.54, 1.807) is 20.8 Å². The predicted octanol–water partition coefficient (Wildman–Crippen LogP) is 2.32. The molecule has 1 heterocycles. The second-order valence-corrected chi connectivity index (χ2v) is 12.8. The molecular formula is C28H36O9. The van der Waals surface area contributed by atoms with Crippen molar-refractivity contribution in [3.63, 3.8) is 0 Å². The molecule has 0 unspecified atom stereocenters. The summed E-state index contributed by atoms with van der Waals surface area (Å²) in [5.41, 5.74) is -6.68. The molecule has 1 N–H and O–H groups in total. The van der Waals surface area contributed by atoms with Gasteiger partial charge in [-0.25, -0.2) is 0 Å². The quantitative estimate of drug-likeness (QED) is 0.254. The first-order valence-electron chi connectivity index (χ1n) is 12.9. The Kier molecular flexibility index (Phi) is 5.15. The summed E-state index contributed by atoms with van der Waals surface area (Å²) in [5, 5.41) is 11.4. The molecular weight excluding hydrogens is 480 g/mol. The summed E-state index contributed by atoms with van der Waals surface area (Å²) in [6.45, 7) is 11.5. The van der Waals surface area contributed by atoms with E-state index in [-0.39, 0.29) is 12.8 Å². The van der Waals surface area contributed by atoms with E-state index in [1.807, 2.05) is 13.8 Å². The monoisotopic (exact) mass is 516 g/mol. The number of Topliss-reactive ketones (excluding diaryl/α,β-unsaturated/α-hetero) is 2. The van der Waals surface area contributed by atoms with Crippen LogP contribution in [0.1, 0.15) is 67.7 Å². The standard InChI is InChI=1S/C28H36O9/c1-12-13(2)28(23(33)35-8)21(31)26(7,34)20(30)17(12)19-25(28,6)11-15-18-24(4,5)16(36-14(3)29)9-10-27(18,19)22(32)37-15/h15-19,34H,9-11H2,1-8H3/t15-,16-,17-,18+,19+,25-,26+,27-,28-/m0/s1. The summed E-state index contributed by atoms with van der Waals surface area (Å²) in [4.78, 5) is 68.1. The Hall–Kier alpha value is -2.55. The van der Waals surface area contributed by atoms with Gasteiger partial charge in [-0.3, -0.25) is 24.0 Å². The van der Waals surface area contributed by atoms with Gasteiger partial charge in [0.25, 0.3) is 0 Å². The van der Waals surface area contributed by atoms with Gasteiger partial charge in [0.1, 0.15) is 12.2 Å². The first-order chi connectivity index (χ1) is 17.0. The lowest BCUT2D eigenvalue weighted by Crippen LogP contribution is -2.70. The van der Waals surface area contributed by atoms with E-state index >= 15 is 0 Å². The highest BCUT2D eigenvalue weighted by atomic mass is 16.6. The minimum absolute atomic E-state index is 0.122. The number of rotatable bonds is 2. The van der Waals surface area contributed by atoms with Crippen molar-refractivity contribution in [2.45, 2.75) is 85.5 Å². The van der Waals surface area contributed by atoms with Crippen molar-refractivity contribution in [2.75, 3.05) is 7.11 Å². The van der Waals surface area contributed by atoms with Crippen molar-refractivity contribution in [3.8, 4) is 0 Å². The largest absolute Gasteiger partial charge is 0.468 e. The highest BCUT2D eigenvalue weighted by molar-refractivity contribution is 6.24. The number of methoxy groups -OCH3 is 1. The van der Waals surface area contributed by atoms with Crippen LogP contribution in [-0.4, -0.2) is 59.5 Å². The SMILES string of the molecule is COC(=O)[C@@]12C(=O)[C@](C)(O)C(=O)[C@@H](C(C)=C1C)[C@H]1[C@]34CC[C@H](OC(C)=O)C(C)(C)[C@H]3[C@H](C[C@@]12C)OC4=O. The molecule has 1 aliphatic heterocycles. The number of ether oxygens (including phenoxy) is 3. The van der Waals surface area contributed by atoms with E-state index in [4.69, 9.17) is 14.2 Å². The first kappa shape index (κ1) is 26.1. The smallest absolute Gasteiger partial charge is 0.324 e. The van der Waals surface area contributed by atoms with Crippen molar-refractivity contribution in [1.82, 2.24) is 0 Å². The molecule has 9 atom stereocenters. The molecule has 0 aromatic rings. The minimum Gasteiger partial charge on any atom is -0.468 e. The number of hydrogen-bond donors (Lipinski definition) is 1. The molecule has 37 heavy (non-hydrogen) atoms. The van der Waals surface area contributed by atoms with Crippen molar-refractivity contribution in [3.05, 3.63) is 11.1 Å². The number of aliphatic hydroxyl groups is 1. The number of allylic oxidation sites excluding steroid dienone is 1. The van der Waals surface area contributed by atoms with Gasteiger partial charge < -0.3 is 19.3 Å². The Morgan fingerprint density at radius 3 is 2.24 bits per heavy atom. The zero-order chi connectivity index (χ0) is 27.7. The minimum atomic E-state index is -2.45. The molecule has 0 amide bonds. The van der Waals surface area contributed by atoms with Gasteiger partial charge in [-0.1, -0.05) is 26.3 Å². The Morgan fingerprint density at radius 1 is 1.05 bits per heavy atom. The average molecular weight is 517 g/mol. The Morgan fingerprint density at radius 2 is 1.68 bits per heavy atom. The van der Waals surface area contributed by atoms with E-state index < -0.39 is 86.7 Å². The molecule has 0 aromatic heterocycles. The van der Waals surface area contributed by atoms with Crippen LogP contribution >= 0.6 is 0 Å². The number of hydrogen-bond acceptors (Lipinski definition) is 9. The molecule has 4 fully saturated rings. The van der Waals surface area contributed by atoms with Crippen LogP contribution in [-0.2, 0) is 38.2 Å². The zero-order valence-electron chi connectivity index (χ0n) is 22.7. The van der Waals surface area contributed by atoms with Crippen LogP contribution in [0.25, 0.3) is 0 Å². The average Bonchev–Trinajstić information content (AvgIpc) is 3.00. The van der Waals surface area contributed by atoms with Gasteiger partial charge >= 0.3 is 17.9 Å². The van der Waals surface area contributed by atoms with Crippen LogP contribution in [0.5, 0.6) is 0 Å². The second kappa shape index (κ2) is 7.30. The molecule has 6 aliphatic rings. The van der Waals surface area contributed by atoms with Gasteiger partial charge in [0.15, 0.2) is 22.6 Å². The van der Waals surface area contributed by atoms with Crippen molar-refractivity contribution in [1.29, 1.82) is 0 Å². The molecule has 3 saturated carbocycles. The topological polar surface area (TPSA) is 133 Å². The second-order valence-electron chi connectivity index (χ2n) is 12.8. The number of carbonyl (C=O) groups excluding carboxylic acids is 5. The molecule has 0 spiro atoms. The molecule has 202 valence electrons. The first-order valence-corrected chi connectivity index (χ1v) is 12.9. The predicted molar refractivity (Wildman–Crippen MR) is 128 cm³/mol. The fourth-order valence-electron chi connectivity index (χ4n) is 9.73. The van der Waals surface area contributed by atoms with Gasteiger partial charge in [-0.2, -0.15) is 0 Å². The fourth-order valence-corrected chi connectivity index (χ4v) is 9.73. The van der Waals surface area contributed by atoms with Gasteiger partial charge in [0.2, 0.25) is 0 Å². The van der Waals surface area contributed by atoms with Crippen LogP contribution in [0.2, 0.25) is 0 Å². The highest BCUT2D eigenvalue weighted by Gasteiger charge is 2.85. The van der Waals surface area contributed by atoms with Crippen molar-refractivity contribution in [2.24, 2.45) is 39.4 Å². The van der Waals surface area contributed by atoms with Crippen molar-refractivity contribution < 1.29 is 43.3 Å². The summed E-state index contributed by atoms with van der Waals surface area (Å²) in [7, 11) is 1.19. The zero-order valence-corrected chi connectivity index (χ0v) is 22.7.